The van der Waals surface area contributed by atoms with E-state index in [0.29, 0.717) is 0 Å². The van der Waals surface area contributed by atoms with Gasteiger partial charge in [0.2, 0.25) is 0 Å². The van der Waals surface area contributed by atoms with Gasteiger partial charge in [0.25, 0.3) is 0 Å². The van der Waals surface area contributed by atoms with Crippen LogP contribution in [-0.2, 0) is 6.42 Å². The number of pyridine rings is 1. The first-order valence-corrected chi connectivity index (χ1v) is 3.19. The predicted molar refractivity (Wildman–Crippen MR) is 41.3 cm³/mol. The molecule has 1 aromatic heterocycles. The van der Waals surface area contributed by atoms with Crippen LogP contribution in [0.15, 0.2) is 36.8 Å². The molecule has 10 heavy (non-hydrogen) atoms. The first-order valence-electron chi connectivity index (χ1n) is 3.19. The van der Waals surface area contributed by atoms with E-state index in [9.17, 15) is 0 Å². The highest BCUT2D eigenvalue weighted by Gasteiger charge is 1.84. The second-order valence-electron chi connectivity index (χ2n) is 1.99. The maximum absolute atomic E-state index is 5.18. The van der Waals surface area contributed by atoms with Gasteiger partial charge in [-0.25, -0.2) is 0 Å². The number of hydrogen-bond donors (Lipinski definition) is 1. The zero-order chi connectivity index (χ0) is 7.23. The number of hydrogen-bond acceptors (Lipinski definition) is 2. The maximum Gasteiger partial charge on any atom is 0.0303 e. The van der Waals surface area contributed by atoms with E-state index < -0.39 is 0 Å². The lowest BCUT2D eigenvalue weighted by molar-refractivity contribution is 1.18. The third-order valence-corrected chi connectivity index (χ3v) is 1.21. The fourth-order valence-electron chi connectivity index (χ4n) is 0.723. The van der Waals surface area contributed by atoms with E-state index in [2.05, 4.69) is 4.98 Å². The Morgan fingerprint density at radius 3 is 3.10 bits per heavy atom. The first-order chi connectivity index (χ1) is 4.93. The highest BCUT2D eigenvalue weighted by molar-refractivity contribution is 5.11. The van der Waals surface area contributed by atoms with Crippen LogP contribution in [0.1, 0.15) is 5.56 Å². The Labute approximate surface area is 60.4 Å². The molecule has 52 valence electrons. The van der Waals surface area contributed by atoms with Crippen molar-refractivity contribution in [2.24, 2.45) is 5.73 Å². The molecule has 0 aliphatic rings. The Hall–Kier alpha value is -1.31. The summed E-state index contributed by atoms with van der Waals surface area (Å²) in [4.78, 5) is 3.96. The fourth-order valence-corrected chi connectivity index (χ4v) is 0.723. The average Bonchev–Trinajstić information content (AvgIpc) is 2.03. The summed E-state index contributed by atoms with van der Waals surface area (Å²) < 4.78 is 0. The molecule has 2 nitrogen and oxygen atoms in total. The van der Waals surface area contributed by atoms with Gasteiger partial charge in [0.05, 0.1) is 0 Å². The molecule has 1 rings (SSSR count). The third kappa shape index (κ3) is 1.90. The minimum atomic E-state index is 0.865. The second-order valence-corrected chi connectivity index (χ2v) is 1.99. The molecule has 2 N–H and O–H groups in total. The summed E-state index contributed by atoms with van der Waals surface area (Å²) in [5, 5.41) is 0. The van der Waals surface area contributed by atoms with E-state index in [1.54, 1.807) is 12.4 Å². The summed E-state index contributed by atoms with van der Waals surface area (Å²) >= 11 is 0. The average molecular weight is 134 g/mol. The Bertz CT molecular complexity index is 204. The lowest BCUT2D eigenvalue weighted by Crippen LogP contribution is -1.83. The summed E-state index contributed by atoms with van der Waals surface area (Å²) in [6.07, 6.45) is 7.91. The molecule has 0 fully saturated rings. The minimum absolute atomic E-state index is 0.865. The number of nitrogens with two attached hydrogens (primary N) is 1. The van der Waals surface area contributed by atoms with Crippen molar-refractivity contribution in [2.45, 2.75) is 6.42 Å². The molecule has 0 saturated heterocycles. The van der Waals surface area contributed by atoms with Crippen molar-refractivity contribution in [2.75, 3.05) is 0 Å². The summed E-state index contributed by atoms with van der Waals surface area (Å²) in [5.41, 5.74) is 6.36. The molecule has 0 radical (unpaired) electrons. The standard InChI is InChI=1S/C8H10N2/c9-5-1-3-8-4-2-6-10-7-8/h1-2,4-7H,3,9H2/b5-1-. The zero-order valence-corrected chi connectivity index (χ0v) is 5.70. The van der Waals surface area contributed by atoms with Gasteiger partial charge in [0.15, 0.2) is 0 Å². The van der Waals surface area contributed by atoms with Gasteiger partial charge in [0, 0.05) is 12.4 Å². The number of nitrogens with zero attached hydrogens (tertiary/aromatic N) is 1. The number of aromatic nitrogens is 1. The third-order valence-electron chi connectivity index (χ3n) is 1.21. The lowest BCUT2D eigenvalue weighted by atomic mass is 10.2. The Morgan fingerprint density at radius 2 is 2.50 bits per heavy atom. The molecule has 1 heterocycles. The molecular formula is C8H10N2. The SMILES string of the molecule is N/C=C\Cc1cccnc1. The molecule has 0 bridgehead atoms. The van der Waals surface area contributed by atoms with Crippen molar-refractivity contribution in [3.8, 4) is 0 Å². The minimum Gasteiger partial charge on any atom is -0.405 e. The van der Waals surface area contributed by atoms with Gasteiger partial charge in [-0.3, -0.25) is 4.98 Å². The molecule has 0 aliphatic heterocycles. The van der Waals surface area contributed by atoms with E-state index in [1.807, 2.05) is 24.4 Å². The quantitative estimate of drug-likeness (QED) is 0.657. The van der Waals surface area contributed by atoms with E-state index >= 15 is 0 Å². The summed E-state index contributed by atoms with van der Waals surface area (Å²) in [6.45, 7) is 0. The van der Waals surface area contributed by atoms with E-state index in [1.165, 1.54) is 5.56 Å². The predicted octanol–water partition coefficient (Wildman–Crippen LogP) is 1.10. The summed E-state index contributed by atoms with van der Waals surface area (Å²) in [6, 6.07) is 3.94. The Balaban J connectivity index is 2.59. The van der Waals surface area contributed by atoms with Crippen LogP contribution in [0.4, 0.5) is 0 Å². The van der Waals surface area contributed by atoms with Gasteiger partial charge < -0.3 is 5.73 Å². The van der Waals surface area contributed by atoms with Gasteiger partial charge in [-0.05, 0) is 24.3 Å². The first kappa shape index (κ1) is 6.81. The monoisotopic (exact) mass is 134 g/mol. The van der Waals surface area contributed by atoms with Crippen molar-refractivity contribution in [3.05, 3.63) is 42.4 Å². The largest absolute Gasteiger partial charge is 0.405 e. The van der Waals surface area contributed by atoms with Crippen LogP contribution in [0.25, 0.3) is 0 Å². The molecule has 0 aliphatic carbocycles. The van der Waals surface area contributed by atoms with Crippen molar-refractivity contribution in [3.63, 3.8) is 0 Å². The highest BCUT2D eigenvalue weighted by atomic mass is 14.6. The molecule has 0 saturated carbocycles. The lowest BCUT2D eigenvalue weighted by Gasteiger charge is -1.91. The molecule has 0 unspecified atom stereocenters. The van der Waals surface area contributed by atoms with Crippen molar-refractivity contribution >= 4 is 0 Å². The van der Waals surface area contributed by atoms with Gasteiger partial charge in [-0.2, -0.15) is 0 Å². The van der Waals surface area contributed by atoms with E-state index in [0.717, 1.165) is 6.42 Å². The molecule has 2 heteroatoms. The molecule has 0 atom stereocenters. The Morgan fingerprint density at radius 1 is 1.60 bits per heavy atom. The molecule has 1 aromatic rings. The fraction of sp³-hybridized carbons (Fsp3) is 0.125. The van der Waals surface area contributed by atoms with Crippen molar-refractivity contribution < 1.29 is 0 Å². The van der Waals surface area contributed by atoms with Crippen LogP contribution in [0.5, 0.6) is 0 Å². The van der Waals surface area contributed by atoms with Crippen LogP contribution in [0.2, 0.25) is 0 Å². The molecule has 0 amide bonds. The molecule has 0 spiro atoms. The summed E-state index contributed by atoms with van der Waals surface area (Å²) in [5.74, 6) is 0. The van der Waals surface area contributed by atoms with Crippen LogP contribution >= 0.6 is 0 Å². The van der Waals surface area contributed by atoms with Crippen molar-refractivity contribution in [1.29, 1.82) is 0 Å². The van der Waals surface area contributed by atoms with Crippen LogP contribution in [0.3, 0.4) is 0 Å². The number of rotatable bonds is 2. The second kappa shape index (κ2) is 3.67. The van der Waals surface area contributed by atoms with Crippen LogP contribution < -0.4 is 5.73 Å². The molecule has 0 aromatic carbocycles. The Kier molecular flexibility index (Phi) is 2.49. The van der Waals surface area contributed by atoms with Gasteiger partial charge in [0.1, 0.15) is 0 Å². The number of allylic oxidation sites excluding steroid dienone is 1. The topological polar surface area (TPSA) is 38.9 Å². The normalized spacial score (nSPS) is 10.4. The smallest absolute Gasteiger partial charge is 0.0303 e. The van der Waals surface area contributed by atoms with Gasteiger partial charge in [-0.1, -0.05) is 12.1 Å². The van der Waals surface area contributed by atoms with Crippen LogP contribution in [-0.4, -0.2) is 4.98 Å². The maximum atomic E-state index is 5.18. The van der Waals surface area contributed by atoms with Crippen LogP contribution in [0, 0.1) is 0 Å². The zero-order valence-electron chi connectivity index (χ0n) is 5.70. The highest BCUT2D eigenvalue weighted by Crippen LogP contribution is 1.96. The van der Waals surface area contributed by atoms with Crippen molar-refractivity contribution in [1.82, 2.24) is 4.98 Å². The summed E-state index contributed by atoms with van der Waals surface area (Å²) in [7, 11) is 0. The van der Waals surface area contributed by atoms with E-state index in [4.69, 9.17) is 5.73 Å². The van der Waals surface area contributed by atoms with E-state index in [-0.39, 0.29) is 0 Å². The van der Waals surface area contributed by atoms with Gasteiger partial charge in [-0.15, -0.1) is 0 Å². The van der Waals surface area contributed by atoms with Gasteiger partial charge >= 0.3 is 0 Å². The molecular weight excluding hydrogens is 124 g/mol.